The molecule has 0 bridgehead atoms. The van der Waals surface area contributed by atoms with Crippen molar-refractivity contribution in [1.82, 2.24) is 0 Å². The molecule has 2 aromatic rings. The topological polar surface area (TPSA) is 0 Å². The van der Waals surface area contributed by atoms with Crippen molar-refractivity contribution in [2.24, 2.45) is 10.8 Å². The minimum Gasteiger partial charge on any atom is -0.0649 e. The summed E-state index contributed by atoms with van der Waals surface area (Å²) in [4.78, 5) is 0. The highest BCUT2D eigenvalue weighted by Gasteiger charge is 2.14. The Labute approximate surface area is 225 Å². The van der Waals surface area contributed by atoms with Gasteiger partial charge < -0.3 is 0 Å². The van der Waals surface area contributed by atoms with Crippen molar-refractivity contribution in [3.05, 3.63) is 71.8 Å². The van der Waals surface area contributed by atoms with E-state index in [-0.39, 0.29) is 0 Å². The molecule has 0 amide bonds. The maximum absolute atomic E-state index is 2.33. The van der Waals surface area contributed by atoms with E-state index in [9.17, 15) is 0 Å². The van der Waals surface area contributed by atoms with Gasteiger partial charge in [-0.15, -0.1) is 0 Å². The third-order valence-electron chi connectivity index (χ3n) is 5.89. The highest BCUT2D eigenvalue weighted by molar-refractivity contribution is 15.0. The first-order chi connectivity index (χ1) is 14.9. The van der Waals surface area contributed by atoms with Gasteiger partial charge in [0, 0.05) is 37.2 Å². The SMILES string of the molecule is CCC(C)(C)C.CCC(C)(C)C.CCC(CC(C)c1ccccc1)c1ccccc1.II. The quantitative estimate of drug-likeness (QED) is 0.279. The van der Waals surface area contributed by atoms with Crippen molar-refractivity contribution >= 4 is 37.2 Å². The van der Waals surface area contributed by atoms with Crippen LogP contribution in [0, 0.1) is 10.8 Å². The first-order valence-electron chi connectivity index (χ1n) is 12.2. The first-order valence-corrected chi connectivity index (χ1v) is 18.5. The van der Waals surface area contributed by atoms with Crippen molar-refractivity contribution in [1.29, 1.82) is 0 Å². The molecule has 2 heteroatoms. The molecule has 0 saturated heterocycles. The molecule has 2 unspecified atom stereocenters. The van der Waals surface area contributed by atoms with Crippen molar-refractivity contribution in [2.75, 3.05) is 0 Å². The van der Waals surface area contributed by atoms with Gasteiger partial charge in [0.25, 0.3) is 0 Å². The summed E-state index contributed by atoms with van der Waals surface area (Å²) in [7, 11) is 0. The van der Waals surface area contributed by atoms with Crippen LogP contribution in [0.25, 0.3) is 0 Å². The lowest BCUT2D eigenvalue weighted by Gasteiger charge is -2.20. The van der Waals surface area contributed by atoms with Crippen molar-refractivity contribution < 1.29 is 0 Å². The predicted molar refractivity (Wildman–Crippen MR) is 166 cm³/mol. The van der Waals surface area contributed by atoms with Gasteiger partial charge >= 0.3 is 0 Å². The van der Waals surface area contributed by atoms with Gasteiger partial charge in [-0.05, 0) is 46.6 Å². The molecule has 0 heterocycles. The normalized spacial score (nSPS) is 12.6. The Morgan fingerprint density at radius 2 is 0.938 bits per heavy atom. The highest BCUT2D eigenvalue weighted by Crippen LogP contribution is 2.31. The highest BCUT2D eigenvalue weighted by atomic mass is 128. The molecule has 0 aliphatic rings. The van der Waals surface area contributed by atoms with Crippen LogP contribution in [0.4, 0.5) is 0 Å². The lowest BCUT2D eigenvalue weighted by Crippen LogP contribution is -2.03. The third kappa shape index (κ3) is 19.4. The fourth-order valence-electron chi connectivity index (χ4n) is 2.61. The fourth-order valence-corrected chi connectivity index (χ4v) is 2.61. The van der Waals surface area contributed by atoms with E-state index < -0.39 is 0 Å². The van der Waals surface area contributed by atoms with Crippen LogP contribution >= 0.6 is 37.2 Å². The van der Waals surface area contributed by atoms with Gasteiger partial charge in [-0.3, -0.25) is 0 Å². The van der Waals surface area contributed by atoms with Crippen LogP contribution in [0.2, 0.25) is 0 Å². The average Bonchev–Trinajstić information content (AvgIpc) is 2.79. The molecule has 0 radical (unpaired) electrons. The molecule has 0 saturated carbocycles. The summed E-state index contributed by atoms with van der Waals surface area (Å²) in [6.45, 7) is 22.5. The zero-order valence-corrected chi connectivity index (χ0v) is 26.8. The largest absolute Gasteiger partial charge is 0.0649 e. The molecular weight excluding hydrogens is 614 g/mol. The second kappa shape index (κ2) is 19.2. The van der Waals surface area contributed by atoms with Gasteiger partial charge in [-0.25, -0.2) is 0 Å². The molecule has 0 N–H and O–H groups in total. The summed E-state index contributed by atoms with van der Waals surface area (Å²) in [5.41, 5.74) is 4.01. The van der Waals surface area contributed by atoms with Crippen molar-refractivity contribution in [3.63, 3.8) is 0 Å². The molecule has 32 heavy (non-hydrogen) atoms. The lowest BCUT2D eigenvalue weighted by atomic mass is 9.85. The average molecular weight is 665 g/mol. The van der Waals surface area contributed by atoms with Gasteiger partial charge in [0.2, 0.25) is 0 Å². The van der Waals surface area contributed by atoms with Gasteiger partial charge in [0.05, 0.1) is 0 Å². The number of halogens is 2. The van der Waals surface area contributed by atoms with E-state index in [4.69, 9.17) is 0 Å². The van der Waals surface area contributed by atoms with Crippen LogP contribution in [0.3, 0.4) is 0 Å². The van der Waals surface area contributed by atoms with E-state index in [0.717, 1.165) is 0 Å². The Morgan fingerprint density at radius 3 is 1.22 bits per heavy atom. The predicted octanol–water partition coefficient (Wildman–Crippen LogP) is 12.0. The van der Waals surface area contributed by atoms with E-state index in [1.165, 1.54) is 36.8 Å². The molecule has 2 atom stereocenters. The van der Waals surface area contributed by atoms with E-state index in [1.807, 2.05) is 0 Å². The monoisotopic (exact) mass is 664 g/mol. The first kappa shape index (κ1) is 34.1. The van der Waals surface area contributed by atoms with E-state index in [0.29, 0.717) is 22.7 Å². The Bertz CT molecular complexity index is 622. The van der Waals surface area contributed by atoms with Crippen LogP contribution < -0.4 is 0 Å². The van der Waals surface area contributed by atoms with Crippen LogP contribution in [0.5, 0.6) is 0 Å². The maximum Gasteiger partial charge on any atom is 0 e. The van der Waals surface area contributed by atoms with Gasteiger partial charge in [0.15, 0.2) is 0 Å². The van der Waals surface area contributed by atoms with Crippen molar-refractivity contribution in [3.8, 4) is 0 Å². The van der Waals surface area contributed by atoms with Crippen LogP contribution in [-0.2, 0) is 0 Å². The van der Waals surface area contributed by atoms with E-state index in [2.05, 4.69) is 167 Å². The van der Waals surface area contributed by atoms with Gasteiger partial charge in [-0.2, -0.15) is 0 Å². The number of hydrogen-bond acceptors (Lipinski definition) is 0. The molecule has 0 aliphatic carbocycles. The van der Waals surface area contributed by atoms with Crippen LogP contribution in [0.15, 0.2) is 60.7 Å². The van der Waals surface area contributed by atoms with Crippen LogP contribution in [0.1, 0.15) is 118 Å². The summed E-state index contributed by atoms with van der Waals surface area (Å²) >= 11 is 4.24. The Morgan fingerprint density at radius 1 is 0.625 bits per heavy atom. The summed E-state index contributed by atoms with van der Waals surface area (Å²) in [5, 5.41) is 0. The summed E-state index contributed by atoms with van der Waals surface area (Å²) < 4.78 is 0. The number of hydrogen-bond donors (Lipinski definition) is 0. The summed E-state index contributed by atoms with van der Waals surface area (Å²) in [5.74, 6) is 1.29. The molecule has 0 nitrogen and oxygen atoms in total. The minimum atomic E-state index is 0.542. The van der Waals surface area contributed by atoms with Crippen LogP contribution in [-0.4, -0.2) is 0 Å². The van der Waals surface area contributed by atoms with Crippen molar-refractivity contribution in [2.45, 2.75) is 107 Å². The second-order valence-electron chi connectivity index (χ2n) is 10.9. The molecule has 0 aliphatic heterocycles. The molecule has 2 rings (SSSR count). The van der Waals surface area contributed by atoms with Gasteiger partial charge in [-0.1, -0.05) is 143 Å². The Balaban J connectivity index is 0. The second-order valence-corrected chi connectivity index (χ2v) is 10.9. The Hall–Kier alpha value is -0.1000. The molecule has 0 spiro atoms. The maximum atomic E-state index is 2.33. The molecule has 2 aromatic carbocycles. The molecule has 0 fully saturated rings. The van der Waals surface area contributed by atoms with E-state index in [1.54, 1.807) is 0 Å². The Kier molecular flexibility index (Phi) is 20.5. The summed E-state index contributed by atoms with van der Waals surface area (Å²) in [6, 6.07) is 21.7. The minimum absolute atomic E-state index is 0.542. The molecule has 0 aromatic heterocycles. The summed E-state index contributed by atoms with van der Waals surface area (Å²) in [6.07, 6.45) is 4.98. The third-order valence-corrected chi connectivity index (χ3v) is 5.89. The smallest absolute Gasteiger partial charge is 0 e. The lowest BCUT2D eigenvalue weighted by molar-refractivity contribution is 0.397. The van der Waals surface area contributed by atoms with E-state index >= 15 is 0 Å². The van der Waals surface area contributed by atoms with Gasteiger partial charge in [0.1, 0.15) is 0 Å². The molecule has 184 valence electrons. The molecular formula is C30H50I2. The standard InChI is InChI=1S/C18H22.2C6H14.I2/c1-3-16(18-12-8-5-9-13-18)14-15(2)17-10-6-4-7-11-17;2*1-5-6(2,3)4;1-2/h4-13,15-16H,3,14H2,1-2H3;2*5H2,1-4H3;. The number of benzene rings is 2. The zero-order chi connectivity index (χ0) is 25.2. The fraction of sp³-hybridized carbons (Fsp3) is 0.600. The number of rotatable bonds is 5. The zero-order valence-electron chi connectivity index (χ0n) is 22.5.